The molecule has 10 nitrogen and oxygen atoms in total. The quantitative estimate of drug-likeness (QED) is 0.0761. The van der Waals surface area contributed by atoms with Gasteiger partial charge >= 0.3 is 42.1 Å². The van der Waals surface area contributed by atoms with Crippen LogP contribution in [0.25, 0.3) is 95.0 Å². The summed E-state index contributed by atoms with van der Waals surface area (Å²) in [6, 6.07) is 132. The second kappa shape index (κ2) is 28.7. The van der Waals surface area contributed by atoms with Crippen molar-refractivity contribution < 1.29 is 51.6 Å². The predicted molar refractivity (Wildman–Crippen MR) is 474 cm³/mol. The Bertz CT molecular complexity index is 7520. The number of ether oxygens (including phenoxy) is 2. The van der Waals surface area contributed by atoms with Gasteiger partial charge in [-0.2, -0.15) is 11.3 Å². The van der Waals surface area contributed by atoms with E-state index in [2.05, 4.69) is 346 Å². The van der Waals surface area contributed by atoms with Gasteiger partial charge in [0.1, 0.15) is 27.8 Å². The van der Waals surface area contributed by atoms with Crippen LogP contribution in [0.3, 0.4) is 0 Å². The summed E-state index contributed by atoms with van der Waals surface area (Å²) in [7, 11) is -6.11. The van der Waals surface area contributed by atoms with Crippen LogP contribution in [0.15, 0.2) is 365 Å². The molecule has 0 N–H and O–H groups in total. The number of rotatable bonds is 10. The van der Waals surface area contributed by atoms with E-state index in [1.807, 2.05) is 72.8 Å². The number of hydrogen-bond acceptors (Lipinski definition) is 10. The Balaban J connectivity index is 0.000000142. The molecular formula is C100H60N8O2Pt2S2Si2. The summed E-state index contributed by atoms with van der Waals surface area (Å²) in [4.78, 5) is 24.1. The Labute approximate surface area is 705 Å². The van der Waals surface area contributed by atoms with Crippen molar-refractivity contribution in [1.82, 2.24) is 28.7 Å². The molecule has 0 amide bonds. The molecule has 0 saturated heterocycles. The van der Waals surface area contributed by atoms with E-state index < -0.39 is 16.1 Å². The average molecular weight is 1920 g/mol. The van der Waals surface area contributed by atoms with Crippen molar-refractivity contribution in [2.75, 3.05) is 9.80 Å². The van der Waals surface area contributed by atoms with Gasteiger partial charge in [-0.25, -0.2) is 21.3 Å². The first-order valence-corrected chi connectivity index (χ1v) is 43.6. The van der Waals surface area contributed by atoms with Crippen molar-refractivity contribution in [2.45, 2.75) is 0 Å². The number of para-hydroxylation sites is 4. The summed E-state index contributed by atoms with van der Waals surface area (Å²) in [5, 5.41) is 21.2. The van der Waals surface area contributed by atoms with Crippen LogP contribution in [0.5, 0.6) is 23.0 Å². The van der Waals surface area contributed by atoms with Crippen LogP contribution < -0.4 is 60.8 Å². The third-order valence-electron chi connectivity index (χ3n) is 22.8. The molecule has 0 spiro atoms. The van der Waals surface area contributed by atoms with Gasteiger partial charge in [0.25, 0.3) is 0 Å². The van der Waals surface area contributed by atoms with Crippen molar-refractivity contribution in [3.05, 3.63) is 389 Å². The fourth-order valence-corrected chi connectivity index (χ4v) is 31.7. The number of thiophene rings is 2. The first-order chi connectivity index (χ1) is 56.6. The molecule has 14 aromatic carbocycles. The number of fused-ring (bicyclic) bond motifs is 24. The van der Waals surface area contributed by atoms with E-state index in [0.29, 0.717) is 23.0 Å². The van der Waals surface area contributed by atoms with Gasteiger partial charge < -0.3 is 28.1 Å². The minimum Gasteiger partial charge on any atom is -0.502 e. The van der Waals surface area contributed by atoms with Crippen molar-refractivity contribution >= 4 is 210 Å². The summed E-state index contributed by atoms with van der Waals surface area (Å²) in [5.41, 5.74) is 7.97. The number of anilines is 6. The van der Waals surface area contributed by atoms with Crippen LogP contribution in [-0.2, 0) is 42.1 Å². The molecule has 0 unspecified atom stereocenters. The third kappa shape index (κ3) is 10.8. The summed E-state index contributed by atoms with van der Waals surface area (Å²) in [6.07, 6.45) is 11.4. The van der Waals surface area contributed by atoms with Crippen LogP contribution in [0.4, 0.5) is 34.4 Å². The predicted octanol–water partition coefficient (Wildman–Crippen LogP) is 19.9. The van der Waals surface area contributed by atoms with Crippen molar-refractivity contribution in [1.29, 1.82) is 0 Å². The van der Waals surface area contributed by atoms with E-state index in [0.717, 1.165) is 105 Å². The van der Waals surface area contributed by atoms with Crippen LogP contribution in [0, 0.1) is 24.3 Å². The van der Waals surface area contributed by atoms with E-state index in [1.165, 1.54) is 66.4 Å². The summed E-state index contributed by atoms with van der Waals surface area (Å²) < 4.78 is 23.2. The van der Waals surface area contributed by atoms with Crippen LogP contribution in [0.2, 0.25) is 0 Å². The van der Waals surface area contributed by atoms with E-state index in [4.69, 9.17) is 29.4 Å². The number of aromatic nitrogens is 6. The van der Waals surface area contributed by atoms with E-state index in [-0.39, 0.29) is 42.1 Å². The van der Waals surface area contributed by atoms with Crippen LogP contribution in [-0.4, -0.2) is 44.9 Å². The molecule has 2 aliphatic heterocycles. The smallest absolute Gasteiger partial charge is 0.502 e. The topological polar surface area (TPSA) is 85.3 Å². The number of nitrogens with zero attached hydrogens (tertiary/aromatic N) is 8. The Hall–Kier alpha value is -12.7. The Morgan fingerprint density at radius 1 is 0.302 bits per heavy atom. The SMILES string of the molecule is [Pt+2].[Pt+2].[c-]1c2c(c3c(sc4ccccc43)c1Oc1[c-]c3c(cc1)c1ccccc1n1ccnc31)[Si](c1ccccc1)(c1ccccc1)c1ccccc1N2c1ccccn1.[c-]1c2c(c3sc4ccccc4c3c1Oc1[c-]c3c(cc1)c1ccccc1n1ccnc31)[Si](c1ccccc1)(c1ccccc1)c1ccccc1N2c1ccccn1. The van der Waals surface area contributed by atoms with Crippen molar-refractivity contribution in [3.63, 3.8) is 0 Å². The second-order valence-corrected chi connectivity index (χ2v) is 38.2. The number of hydrogen-bond donors (Lipinski definition) is 0. The zero-order valence-electron chi connectivity index (χ0n) is 61.5. The van der Waals surface area contributed by atoms with Gasteiger partial charge in [0.2, 0.25) is 0 Å². The van der Waals surface area contributed by atoms with Crippen molar-refractivity contribution in [2.24, 2.45) is 0 Å². The van der Waals surface area contributed by atoms with Crippen LogP contribution in [0.1, 0.15) is 0 Å². The van der Waals surface area contributed by atoms with Gasteiger partial charge in [-0.15, -0.1) is 52.2 Å². The Kier molecular flexibility index (Phi) is 17.6. The minimum absolute atomic E-state index is 0. The molecule has 0 radical (unpaired) electrons. The van der Waals surface area contributed by atoms with Crippen LogP contribution >= 0.6 is 22.7 Å². The average Bonchev–Trinajstić information content (AvgIpc) is 1.40. The zero-order valence-corrected chi connectivity index (χ0v) is 69.7. The molecule has 24 rings (SSSR count). The molecule has 22 aromatic rings. The maximum atomic E-state index is 7.15. The molecule has 8 aromatic heterocycles. The summed E-state index contributed by atoms with van der Waals surface area (Å²) in [6.45, 7) is 0. The summed E-state index contributed by atoms with van der Waals surface area (Å²) in [5.74, 6) is 4.16. The fraction of sp³-hybridized carbons (Fsp3) is 0. The molecule has 2 aliphatic rings. The normalized spacial score (nSPS) is 13.1. The first kappa shape index (κ1) is 71.1. The first-order valence-electron chi connectivity index (χ1n) is 38.0. The molecule has 0 bridgehead atoms. The van der Waals surface area contributed by atoms with Gasteiger partial charge in [0.05, 0.1) is 11.3 Å². The maximum absolute atomic E-state index is 7.15. The van der Waals surface area contributed by atoms with Gasteiger partial charge in [-0.3, -0.25) is 9.97 Å². The fourth-order valence-electron chi connectivity index (χ4n) is 18.3. The maximum Gasteiger partial charge on any atom is 2.00 e. The molecule has 10 heterocycles. The number of benzene rings is 14. The monoisotopic (exact) mass is 1910 g/mol. The Morgan fingerprint density at radius 2 is 0.690 bits per heavy atom. The molecule has 0 aliphatic carbocycles. The second-order valence-electron chi connectivity index (χ2n) is 28.7. The molecular weight excluding hydrogens is 1860 g/mol. The van der Waals surface area contributed by atoms with Gasteiger partial charge in [-0.05, 0) is 91.9 Å². The number of pyridine rings is 4. The van der Waals surface area contributed by atoms with Gasteiger partial charge in [0.15, 0.2) is 0 Å². The van der Waals surface area contributed by atoms with Crippen molar-refractivity contribution in [3.8, 4) is 23.0 Å². The molecule has 0 fully saturated rings. The molecule has 116 heavy (non-hydrogen) atoms. The van der Waals surface area contributed by atoms with E-state index in [9.17, 15) is 0 Å². The third-order valence-corrected chi connectivity index (χ3v) is 35.1. The molecule has 0 saturated carbocycles. The number of imidazole rings is 2. The van der Waals surface area contributed by atoms with Gasteiger partial charge in [-0.1, -0.05) is 324 Å². The minimum atomic E-state index is -3.06. The Morgan fingerprint density at radius 3 is 1.17 bits per heavy atom. The largest absolute Gasteiger partial charge is 2.00 e. The molecule has 552 valence electrons. The van der Waals surface area contributed by atoms with Gasteiger partial charge in [0, 0.05) is 92.0 Å². The summed E-state index contributed by atoms with van der Waals surface area (Å²) >= 11 is 3.60. The van der Waals surface area contributed by atoms with E-state index in [1.54, 1.807) is 11.3 Å². The molecule has 0 atom stereocenters. The van der Waals surface area contributed by atoms with E-state index >= 15 is 0 Å². The zero-order chi connectivity index (χ0) is 75.0. The molecule has 16 heteroatoms. The standard InChI is InChI=1S/2C50H30N4OSSi.2Pt/c1-3-15-34(16-4-1)57(35-17-5-2-6-18-35)45-24-12-10-22-41(45)54(46-25-13-14-28-51-46)42-32-43(48-47(49(42)57)38-20-8-11-23-44(38)56-48)55-33-26-27-36-37-19-7-9-21-40(37)53-30-29-52-50(53)39(36)31-33;1-3-15-34(16-4-1)57(35-17-5-2-6-18-35)45-24-12-10-22-41(45)54(46-25-13-14-28-51-46)42-32-43(47-38-20-8-11-23-44(38)56-48(47)49(42)57)55-33-26-27-36-37-19-7-9-21-40(37)53-30-29-52-50(53)39(36)31-33;;/h2*1-30H;;/q2*-2;2*+2.